The first-order chi connectivity index (χ1) is 69.0. The number of carbonyl (C=O) groups excluding carboxylic acids is 12. The highest BCUT2D eigenvalue weighted by molar-refractivity contribution is 7.81. The van der Waals surface area contributed by atoms with Gasteiger partial charge in [-0.3, -0.25) is 38.4 Å². The Bertz CT molecular complexity index is 6320. The Labute approximate surface area is 837 Å². The molecule has 1 aliphatic rings. The number of unbranched alkanes of at least 4 members (excludes halogenated alkanes) is 1. The molecule has 0 unspecified atom stereocenters. The van der Waals surface area contributed by atoms with Crippen LogP contribution < -0.4 is 70.3 Å². The molecule has 1 heterocycles. The Hall–Kier alpha value is -18.0. The third-order valence-corrected chi connectivity index (χ3v) is 19.5. The van der Waals surface area contributed by atoms with Gasteiger partial charge in [0.15, 0.2) is 0 Å². The van der Waals surface area contributed by atoms with Crippen molar-refractivity contribution >= 4 is 140 Å². The van der Waals surface area contributed by atoms with Gasteiger partial charge in [0, 0.05) is 22.3 Å². The molecule has 0 aliphatic carbocycles. The molecule has 1 fully saturated rings. The minimum Gasteiger partial charge on any atom is -0.569 e. The van der Waals surface area contributed by atoms with Crippen molar-refractivity contribution in [1.29, 1.82) is 0 Å². The lowest BCUT2D eigenvalue weighted by atomic mass is 10.2. The Morgan fingerprint density at radius 2 is 0.590 bits per heavy atom. The van der Waals surface area contributed by atoms with E-state index < -0.39 is 93.7 Å². The van der Waals surface area contributed by atoms with E-state index in [1.807, 2.05) is 0 Å². The second-order valence-corrected chi connectivity index (χ2v) is 30.7. The molecule has 0 radical (unpaired) electrons. The monoisotopic (exact) mass is 2050 g/mol. The number of benzene rings is 10. The van der Waals surface area contributed by atoms with Crippen LogP contribution in [-0.2, 0) is 80.4 Å². The molecule has 8 N–H and O–H groups in total. The zero-order chi connectivity index (χ0) is 104. The lowest BCUT2D eigenvalue weighted by Crippen LogP contribution is -2.27. The summed E-state index contributed by atoms with van der Waals surface area (Å²) in [4.78, 5) is 197. The fraction of sp³-hybridized carbons (Fsp3) is 0.200. The predicted molar refractivity (Wildman–Crippen MR) is 514 cm³/mol. The fourth-order valence-corrected chi connectivity index (χ4v) is 12.1. The molecule has 144 heavy (non-hydrogen) atoms. The highest BCUT2D eigenvalue weighted by atomic mass is 32.1. The Kier molecular flexibility index (Phi) is 45.3. The topological polar surface area (TPSA) is 628 Å². The van der Waals surface area contributed by atoms with E-state index in [9.17, 15) is 93.1 Å². The van der Waals surface area contributed by atoms with Crippen LogP contribution in [0.1, 0.15) is 152 Å². The molecular weight excluding hydrogens is 1970 g/mol. The Balaban J connectivity index is 0.000000235. The van der Waals surface area contributed by atoms with Gasteiger partial charge in [0.1, 0.15) is 113 Å². The van der Waals surface area contributed by atoms with Crippen molar-refractivity contribution in [2.75, 3.05) is 33.1 Å². The third-order valence-electron chi connectivity index (χ3n) is 18.5. The summed E-state index contributed by atoms with van der Waals surface area (Å²) < 4.78 is 62.2. The van der Waals surface area contributed by atoms with E-state index in [1.165, 1.54) is 145 Å². The molecule has 45 nitrogen and oxygen atoms in total. The van der Waals surface area contributed by atoms with Crippen LogP contribution in [0.5, 0.6) is 57.5 Å². The first kappa shape index (κ1) is 111. The average Bonchev–Trinajstić information content (AvgIpc) is 0.974. The number of carbonyl (C=O) groups is 12. The summed E-state index contributed by atoms with van der Waals surface area (Å²) in [5.74, 6) is -7.64. The van der Waals surface area contributed by atoms with Gasteiger partial charge in [0.05, 0.1) is 82.6 Å². The van der Waals surface area contributed by atoms with Gasteiger partial charge < -0.3 is 104 Å². The number of nitrogens with two attached hydrogens (primary N) is 4. The van der Waals surface area contributed by atoms with Gasteiger partial charge in [-0.2, -0.15) is 0 Å². The minimum atomic E-state index is -0.932. The highest BCUT2D eigenvalue weighted by Crippen LogP contribution is 2.29. The van der Waals surface area contributed by atoms with Crippen LogP contribution in [0.15, 0.2) is 248 Å². The van der Waals surface area contributed by atoms with Crippen LogP contribution in [0.2, 0.25) is 0 Å². The van der Waals surface area contributed by atoms with Gasteiger partial charge in [0.25, 0.3) is 22.1 Å². The zero-order valence-electron chi connectivity index (χ0n) is 75.4. The molecule has 49 heteroatoms. The summed E-state index contributed by atoms with van der Waals surface area (Å²) in [7, 11) is 0. The predicted octanol–water partition coefficient (Wildman–Crippen LogP) is 12.5. The summed E-state index contributed by atoms with van der Waals surface area (Å²) in [6.07, 6.45) is 0.292. The number of esters is 12. The van der Waals surface area contributed by atoms with Gasteiger partial charge in [-0.15, -0.1) is 35.4 Å². The molecule has 0 saturated carbocycles. The van der Waals surface area contributed by atoms with E-state index in [-0.39, 0.29) is 177 Å². The van der Waals surface area contributed by atoms with E-state index in [2.05, 4.69) is 19.8 Å². The summed E-state index contributed by atoms with van der Waals surface area (Å²) in [6.45, 7) is -0.129. The molecule has 0 aromatic heterocycles. The van der Waals surface area contributed by atoms with Crippen molar-refractivity contribution in [3.8, 4) is 57.5 Å². The second-order valence-electron chi connectivity index (χ2n) is 29.0. The average molecular weight is 2060 g/mol. The lowest BCUT2D eigenvalue weighted by Gasteiger charge is -2.11. The normalized spacial score (nSPS) is 10.9. The second kappa shape index (κ2) is 58.7. The van der Waals surface area contributed by atoms with E-state index >= 15 is 0 Å². The molecule has 0 bridgehead atoms. The third kappa shape index (κ3) is 40.6. The van der Waals surface area contributed by atoms with Gasteiger partial charge in [-0.25, -0.2) is 19.2 Å². The van der Waals surface area contributed by atoms with E-state index in [0.29, 0.717) is 64.3 Å². The SMILES string of the molecule is NC(=S)c1ccc(OC(=O)CCC(=O)Oc2ccccc2C(=O)OCCCCO[N+](=O)[O-])cc1.NC(=S)c1ccc(OC(=O)CCC(=O)Oc2ccccc2C(=O)OCO/N=[N+](\[O-])N2CCCC2)cc1.NC(=S)c1ccc(OC(=O)CCC(=O)Oc2ccccc2C(=O)Oc2ccc(CO[N+](=O)[O-])cc2)cc1.NC(=S)c1ccc(OC(=O)CCC(=O)Oc2ccccc2C(=O)Oc2cccc(CO[N+](=O)[O-])c2)cc1. The van der Waals surface area contributed by atoms with E-state index in [1.54, 1.807) is 103 Å². The minimum absolute atomic E-state index is 0.00603. The van der Waals surface area contributed by atoms with Crippen molar-refractivity contribution in [3.63, 3.8) is 0 Å². The highest BCUT2D eigenvalue weighted by Gasteiger charge is 2.26. The van der Waals surface area contributed by atoms with Crippen molar-refractivity contribution in [2.45, 2.75) is 90.3 Å². The van der Waals surface area contributed by atoms with Gasteiger partial charge >= 0.3 is 71.6 Å². The Morgan fingerprint density at radius 3 is 0.924 bits per heavy atom. The maximum atomic E-state index is 12.7. The quantitative estimate of drug-likeness (QED) is 0.00317. The molecule has 0 spiro atoms. The molecule has 10 aromatic rings. The van der Waals surface area contributed by atoms with Crippen molar-refractivity contribution in [3.05, 3.63) is 334 Å². The Morgan fingerprint density at radius 1 is 0.306 bits per heavy atom. The van der Waals surface area contributed by atoms with Gasteiger partial charge in [0.2, 0.25) is 5.28 Å². The number of hydrogen-bond acceptors (Lipinski definition) is 40. The molecule has 1 aliphatic heterocycles. The molecule has 11 rings (SSSR count). The first-order valence-electron chi connectivity index (χ1n) is 42.5. The number of rotatable bonds is 46. The van der Waals surface area contributed by atoms with Crippen LogP contribution in [0.3, 0.4) is 0 Å². The number of nitrogens with zero attached hydrogens (tertiary/aromatic N) is 6. The first-order valence-corrected chi connectivity index (χ1v) is 44.1. The van der Waals surface area contributed by atoms with Crippen LogP contribution in [0, 0.1) is 35.6 Å². The summed E-state index contributed by atoms with van der Waals surface area (Å²) in [5, 5.41) is 44.4. The zero-order valence-corrected chi connectivity index (χ0v) is 78.7. The molecule has 750 valence electrons. The molecule has 0 amide bonds. The number of ether oxygens (including phenoxy) is 12. The smallest absolute Gasteiger partial charge is 0.347 e. The molecule has 1 saturated heterocycles. The van der Waals surface area contributed by atoms with Crippen molar-refractivity contribution in [2.24, 2.45) is 28.2 Å². The fourth-order valence-electron chi connectivity index (χ4n) is 11.6. The molecule has 0 atom stereocenters. The number of para-hydroxylation sites is 4. The van der Waals surface area contributed by atoms with Crippen LogP contribution >= 0.6 is 48.9 Å². The van der Waals surface area contributed by atoms with Crippen LogP contribution in [0.25, 0.3) is 0 Å². The van der Waals surface area contributed by atoms with Crippen LogP contribution in [0.4, 0.5) is 0 Å². The van der Waals surface area contributed by atoms with Crippen molar-refractivity contribution in [1.82, 2.24) is 5.01 Å². The van der Waals surface area contributed by atoms with E-state index in [0.717, 1.165) is 12.8 Å². The maximum absolute atomic E-state index is 12.7. The molecular formula is C95H86N10O35S4. The van der Waals surface area contributed by atoms with Gasteiger partial charge in [-0.1, -0.05) is 122 Å². The van der Waals surface area contributed by atoms with Crippen LogP contribution in [-0.4, -0.2) is 150 Å². The number of thiocarbonyl (C=S) groups is 4. The standard InChI is InChI=1S/2C25H20N2O9S.C23H24N4O8S.C22H22N2O9S/c26-24(37)17-8-10-18(11-9-17)34-22(28)12-13-23(29)36-21-7-2-1-6-20(21)25(30)35-19-5-3-4-16(14-19)15-33-27(31)32;26-24(37)17-7-11-18(12-8-17)34-22(28)13-14-23(29)36-21-4-2-1-3-20(21)25(30)35-19-9-5-16(6-10-19)15-33-27(31)32;24-22(36)16-7-9-17(10-8-16)34-20(28)11-12-21(29)35-19-6-2-1-5-18(19)23(30)32-15-33-25-27(31)26-13-3-4-14-26;23-21(34)15-7-9-16(10-8-15)32-19(25)11-12-20(26)33-18-6-2-1-5-17(18)22(27)30-13-3-4-14-31-24(28)29/h1-11,14H,12-13,15H2,(H2,26,37);1-12H,13-15H2,(H2,26,37);1-2,5-10H,3-4,11-15H2,(H2,24,36);1-2,5-10H,3-4,11-14H2,(H2,23,34)/b;;27-25-;. The summed E-state index contributed by atoms with van der Waals surface area (Å²) in [5.41, 5.74) is 25.4. The molecule has 10 aromatic carbocycles. The summed E-state index contributed by atoms with van der Waals surface area (Å²) >= 11 is 19.4. The number of hydrazine groups is 1. The van der Waals surface area contributed by atoms with Gasteiger partial charge in [-0.05, 0) is 207 Å². The number of hydrogen-bond donors (Lipinski definition) is 4. The summed E-state index contributed by atoms with van der Waals surface area (Å²) in [6, 6.07) is 60.7. The largest absolute Gasteiger partial charge is 0.569 e. The van der Waals surface area contributed by atoms with Crippen molar-refractivity contribution < 1.29 is 154 Å². The lowest BCUT2D eigenvalue weighted by molar-refractivity contribution is -0.763. The van der Waals surface area contributed by atoms with E-state index in [4.69, 9.17) is 133 Å². The maximum Gasteiger partial charge on any atom is 0.347 e.